The Morgan fingerprint density at radius 2 is 1.94 bits per heavy atom. The minimum Gasteiger partial charge on any atom is -0.497 e. The second-order valence-electron chi connectivity index (χ2n) is 3.07. The molecular formula is C11H8Cl2N2O. The highest BCUT2D eigenvalue weighted by atomic mass is 35.5. The summed E-state index contributed by atoms with van der Waals surface area (Å²) in [7, 11) is 1.60. The molecule has 1 aromatic carbocycles. The smallest absolute Gasteiger partial charge is 0.133 e. The van der Waals surface area contributed by atoms with Crippen LogP contribution in [0.4, 0.5) is 0 Å². The van der Waals surface area contributed by atoms with E-state index in [1.165, 1.54) is 6.33 Å². The standard InChI is InChI=1S/C11H8Cl2N2O/c1-16-7-2-3-9(12)8(4-7)10-5-11(13)15-6-14-10/h2-6H,1H3. The first-order valence-electron chi connectivity index (χ1n) is 4.52. The first kappa shape index (κ1) is 11.2. The molecule has 5 heteroatoms. The summed E-state index contributed by atoms with van der Waals surface area (Å²) in [6, 6.07) is 7.00. The van der Waals surface area contributed by atoms with Gasteiger partial charge in [0.25, 0.3) is 0 Å². The van der Waals surface area contributed by atoms with Crippen LogP contribution in [0, 0.1) is 0 Å². The van der Waals surface area contributed by atoms with Gasteiger partial charge in [-0.3, -0.25) is 0 Å². The molecule has 2 rings (SSSR count). The van der Waals surface area contributed by atoms with Crippen molar-refractivity contribution in [2.45, 2.75) is 0 Å². The number of nitrogens with zero attached hydrogens (tertiary/aromatic N) is 2. The molecule has 0 aliphatic rings. The average molecular weight is 255 g/mol. The topological polar surface area (TPSA) is 35.0 Å². The Hall–Kier alpha value is -1.32. The molecule has 0 aliphatic heterocycles. The largest absolute Gasteiger partial charge is 0.497 e. The third kappa shape index (κ3) is 2.26. The summed E-state index contributed by atoms with van der Waals surface area (Å²) in [5.41, 5.74) is 1.44. The minimum absolute atomic E-state index is 0.379. The Balaban J connectivity index is 2.54. The number of halogens is 2. The monoisotopic (exact) mass is 254 g/mol. The Kier molecular flexibility index (Phi) is 3.27. The summed E-state index contributed by atoms with van der Waals surface area (Å²) >= 11 is 11.9. The van der Waals surface area contributed by atoms with E-state index in [0.29, 0.717) is 21.6 Å². The molecule has 0 saturated heterocycles. The molecule has 16 heavy (non-hydrogen) atoms. The van der Waals surface area contributed by atoms with Crippen LogP contribution in [0.1, 0.15) is 0 Å². The van der Waals surface area contributed by atoms with Crippen molar-refractivity contribution < 1.29 is 4.74 Å². The number of hydrogen-bond donors (Lipinski definition) is 0. The van der Waals surface area contributed by atoms with Crippen LogP contribution < -0.4 is 4.74 Å². The Bertz CT molecular complexity index is 517. The van der Waals surface area contributed by atoms with E-state index in [1.54, 1.807) is 31.4 Å². The van der Waals surface area contributed by atoms with Crippen molar-refractivity contribution in [2.75, 3.05) is 7.11 Å². The minimum atomic E-state index is 0.379. The molecule has 0 aliphatic carbocycles. The van der Waals surface area contributed by atoms with Gasteiger partial charge < -0.3 is 4.74 Å². The lowest BCUT2D eigenvalue weighted by Gasteiger charge is -2.06. The number of methoxy groups -OCH3 is 1. The van der Waals surface area contributed by atoms with Crippen molar-refractivity contribution in [3.05, 3.63) is 40.8 Å². The molecule has 0 N–H and O–H groups in total. The fourth-order valence-corrected chi connectivity index (χ4v) is 1.67. The van der Waals surface area contributed by atoms with Crippen molar-refractivity contribution in [3.8, 4) is 17.0 Å². The summed E-state index contributed by atoms with van der Waals surface area (Å²) < 4.78 is 5.13. The van der Waals surface area contributed by atoms with Crippen molar-refractivity contribution in [1.82, 2.24) is 9.97 Å². The molecule has 1 heterocycles. The maximum Gasteiger partial charge on any atom is 0.133 e. The van der Waals surface area contributed by atoms with Crippen LogP contribution >= 0.6 is 23.2 Å². The van der Waals surface area contributed by atoms with Crippen molar-refractivity contribution in [3.63, 3.8) is 0 Å². The molecule has 0 spiro atoms. The zero-order chi connectivity index (χ0) is 11.5. The van der Waals surface area contributed by atoms with E-state index in [-0.39, 0.29) is 0 Å². The average Bonchev–Trinajstić information content (AvgIpc) is 2.30. The van der Waals surface area contributed by atoms with Crippen LogP contribution in [0.15, 0.2) is 30.6 Å². The lowest BCUT2D eigenvalue weighted by Crippen LogP contribution is -1.89. The SMILES string of the molecule is COc1ccc(Cl)c(-c2cc(Cl)ncn2)c1. The van der Waals surface area contributed by atoms with E-state index in [0.717, 1.165) is 5.56 Å². The van der Waals surface area contributed by atoms with Gasteiger partial charge in [-0.25, -0.2) is 9.97 Å². The fourth-order valence-electron chi connectivity index (χ4n) is 1.31. The summed E-state index contributed by atoms with van der Waals surface area (Å²) in [5.74, 6) is 0.717. The quantitative estimate of drug-likeness (QED) is 0.771. The zero-order valence-corrected chi connectivity index (χ0v) is 9.96. The normalized spacial score (nSPS) is 10.2. The molecule has 0 unspecified atom stereocenters. The molecule has 2 aromatic rings. The maximum atomic E-state index is 6.08. The van der Waals surface area contributed by atoms with E-state index in [1.807, 2.05) is 0 Å². The molecule has 1 aromatic heterocycles. The van der Waals surface area contributed by atoms with E-state index in [9.17, 15) is 0 Å². The summed E-state index contributed by atoms with van der Waals surface area (Å²) in [5, 5.41) is 0.972. The molecule has 82 valence electrons. The molecule has 3 nitrogen and oxygen atoms in total. The van der Waals surface area contributed by atoms with Gasteiger partial charge in [-0.05, 0) is 18.2 Å². The number of benzene rings is 1. The van der Waals surface area contributed by atoms with E-state index in [4.69, 9.17) is 27.9 Å². The molecule has 0 fully saturated rings. The predicted molar refractivity (Wildman–Crippen MR) is 64.0 cm³/mol. The molecule has 0 amide bonds. The molecule has 0 bridgehead atoms. The summed E-state index contributed by atoms with van der Waals surface area (Å²) in [6.45, 7) is 0. The van der Waals surface area contributed by atoms with Crippen molar-refractivity contribution in [2.24, 2.45) is 0 Å². The van der Waals surface area contributed by atoms with Crippen LogP contribution in [0.5, 0.6) is 5.75 Å². The highest BCUT2D eigenvalue weighted by Gasteiger charge is 2.07. The number of aromatic nitrogens is 2. The number of ether oxygens (including phenoxy) is 1. The first-order chi connectivity index (χ1) is 7.70. The Labute approximate surface area is 103 Å². The highest BCUT2D eigenvalue weighted by molar-refractivity contribution is 6.33. The van der Waals surface area contributed by atoms with Crippen LogP contribution in [0.3, 0.4) is 0 Å². The van der Waals surface area contributed by atoms with Crippen LogP contribution in [0.25, 0.3) is 11.3 Å². The predicted octanol–water partition coefficient (Wildman–Crippen LogP) is 3.46. The van der Waals surface area contributed by atoms with E-state index >= 15 is 0 Å². The Morgan fingerprint density at radius 1 is 1.12 bits per heavy atom. The molecule has 0 saturated carbocycles. The zero-order valence-electron chi connectivity index (χ0n) is 8.45. The summed E-state index contributed by atoms with van der Waals surface area (Å²) in [4.78, 5) is 7.93. The van der Waals surface area contributed by atoms with Crippen molar-refractivity contribution >= 4 is 23.2 Å². The third-order valence-electron chi connectivity index (χ3n) is 2.08. The lowest BCUT2D eigenvalue weighted by molar-refractivity contribution is 0.415. The molecular weight excluding hydrogens is 247 g/mol. The van der Waals surface area contributed by atoms with Gasteiger partial charge >= 0.3 is 0 Å². The highest BCUT2D eigenvalue weighted by Crippen LogP contribution is 2.30. The molecule has 0 atom stereocenters. The molecule has 0 radical (unpaired) electrons. The van der Waals surface area contributed by atoms with Crippen molar-refractivity contribution in [1.29, 1.82) is 0 Å². The van der Waals surface area contributed by atoms with Crippen LogP contribution in [0.2, 0.25) is 10.2 Å². The second kappa shape index (κ2) is 4.68. The van der Waals surface area contributed by atoms with Gasteiger partial charge in [0.05, 0.1) is 17.8 Å². The summed E-state index contributed by atoms with van der Waals surface area (Å²) in [6.07, 6.45) is 1.40. The van der Waals surface area contributed by atoms with Crippen LogP contribution in [-0.2, 0) is 0 Å². The van der Waals surface area contributed by atoms with Gasteiger partial charge in [-0.1, -0.05) is 23.2 Å². The third-order valence-corrected chi connectivity index (χ3v) is 2.62. The lowest BCUT2D eigenvalue weighted by atomic mass is 10.1. The van der Waals surface area contributed by atoms with Gasteiger partial charge in [-0.15, -0.1) is 0 Å². The Morgan fingerprint density at radius 3 is 2.62 bits per heavy atom. The number of rotatable bonds is 2. The fraction of sp³-hybridized carbons (Fsp3) is 0.0909. The van der Waals surface area contributed by atoms with Gasteiger partial charge in [0.15, 0.2) is 0 Å². The van der Waals surface area contributed by atoms with Crippen LogP contribution in [-0.4, -0.2) is 17.1 Å². The van der Waals surface area contributed by atoms with Gasteiger partial charge in [0.2, 0.25) is 0 Å². The first-order valence-corrected chi connectivity index (χ1v) is 5.28. The number of hydrogen-bond acceptors (Lipinski definition) is 3. The second-order valence-corrected chi connectivity index (χ2v) is 3.87. The van der Waals surface area contributed by atoms with E-state index < -0.39 is 0 Å². The maximum absolute atomic E-state index is 6.08. The van der Waals surface area contributed by atoms with E-state index in [2.05, 4.69) is 9.97 Å². The van der Waals surface area contributed by atoms with Gasteiger partial charge in [0.1, 0.15) is 17.2 Å². The van der Waals surface area contributed by atoms with Gasteiger partial charge in [0, 0.05) is 11.6 Å². The van der Waals surface area contributed by atoms with Gasteiger partial charge in [-0.2, -0.15) is 0 Å².